The van der Waals surface area contributed by atoms with Crippen LogP contribution in [0.2, 0.25) is 0 Å². The summed E-state index contributed by atoms with van der Waals surface area (Å²) in [5, 5.41) is 13.3. The fourth-order valence-electron chi connectivity index (χ4n) is 3.37. The van der Waals surface area contributed by atoms with Crippen LogP contribution < -0.4 is 4.72 Å². The molecule has 0 bridgehead atoms. The van der Waals surface area contributed by atoms with Gasteiger partial charge in [0.05, 0.1) is 4.90 Å². The van der Waals surface area contributed by atoms with Crippen LogP contribution in [-0.2, 0) is 21.2 Å². The smallest absolute Gasteiger partial charge is 0.322 e. The van der Waals surface area contributed by atoms with E-state index in [1.54, 1.807) is 12.1 Å². The van der Waals surface area contributed by atoms with Crippen molar-refractivity contribution in [2.75, 3.05) is 0 Å². The third-order valence-electron chi connectivity index (χ3n) is 4.88. The number of hydrogen-bond acceptors (Lipinski definition) is 3. The number of sulfonamides is 1. The van der Waals surface area contributed by atoms with Crippen molar-refractivity contribution in [1.29, 1.82) is 0 Å². The van der Waals surface area contributed by atoms with Crippen LogP contribution in [0.15, 0.2) is 89.8 Å². The van der Waals surface area contributed by atoms with Gasteiger partial charge in [-0.1, -0.05) is 72.8 Å². The number of aliphatic carboxylic acids is 1. The molecule has 4 aromatic carbocycles. The van der Waals surface area contributed by atoms with E-state index in [9.17, 15) is 18.3 Å². The number of rotatable bonds is 6. The molecular formula is C23H19NO4S. The molecule has 0 saturated heterocycles. The van der Waals surface area contributed by atoms with Gasteiger partial charge in [0.2, 0.25) is 10.0 Å². The van der Waals surface area contributed by atoms with Crippen LogP contribution in [0.4, 0.5) is 0 Å². The van der Waals surface area contributed by atoms with E-state index in [1.165, 1.54) is 6.07 Å². The molecule has 4 rings (SSSR count). The Labute approximate surface area is 168 Å². The third kappa shape index (κ3) is 4.13. The summed E-state index contributed by atoms with van der Waals surface area (Å²) < 4.78 is 28.0. The lowest BCUT2D eigenvalue weighted by molar-refractivity contribution is -0.138. The Bertz CT molecular complexity index is 1310. The monoisotopic (exact) mass is 405 g/mol. The van der Waals surface area contributed by atoms with Crippen LogP contribution in [0.5, 0.6) is 0 Å². The minimum atomic E-state index is -3.99. The van der Waals surface area contributed by atoms with E-state index >= 15 is 0 Å². The first-order valence-electron chi connectivity index (χ1n) is 9.14. The molecule has 6 heteroatoms. The summed E-state index contributed by atoms with van der Waals surface area (Å²) in [4.78, 5) is 11.8. The zero-order chi connectivity index (χ0) is 20.4. The first-order valence-corrected chi connectivity index (χ1v) is 10.6. The molecule has 146 valence electrons. The number of benzene rings is 4. The number of hydrogen-bond donors (Lipinski definition) is 2. The fraction of sp³-hybridized carbons (Fsp3) is 0.0870. The summed E-state index contributed by atoms with van der Waals surface area (Å²) in [6.45, 7) is 0. The van der Waals surface area contributed by atoms with Gasteiger partial charge in [0.1, 0.15) is 6.04 Å². The van der Waals surface area contributed by atoms with Crippen molar-refractivity contribution in [3.8, 4) is 0 Å². The van der Waals surface area contributed by atoms with E-state index in [4.69, 9.17) is 0 Å². The van der Waals surface area contributed by atoms with Crippen molar-refractivity contribution >= 4 is 37.5 Å². The van der Waals surface area contributed by atoms with Crippen molar-refractivity contribution in [2.24, 2.45) is 0 Å². The lowest BCUT2D eigenvalue weighted by Crippen LogP contribution is -2.42. The molecule has 0 aromatic heterocycles. The minimum Gasteiger partial charge on any atom is -0.480 e. The molecule has 0 aliphatic rings. The zero-order valence-electron chi connectivity index (χ0n) is 15.4. The van der Waals surface area contributed by atoms with Gasteiger partial charge >= 0.3 is 5.97 Å². The molecule has 1 atom stereocenters. The maximum atomic E-state index is 12.8. The molecule has 0 spiro atoms. The topological polar surface area (TPSA) is 83.5 Å². The Kier molecular flexibility index (Phi) is 5.05. The van der Waals surface area contributed by atoms with Gasteiger partial charge in [-0.15, -0.1) is 0 Å². The normalized spacial score (nSPS) is 12.8. The number of carboxylic acids is 1. The minimum absolute atomic E-state index is 0.0426. The van der Waals surface area contributed by atoms with Gasteiger partial charge < -0.3 is 5.11 Å². The molecule has 4 aromatic rings. The predicted octanol–water partition coefficient (Wildman–Crippen LogP) is 3.97. The van der Waals surface area contributed by atoms with Crippen molar-refractivity contribution < 1.29 is 18.3 Å². The van der Waals surface area contributed by atoms with Crippen molar-refractivity contribution in [1.82, 2.24) is 4.72 Å². The Morgan fingerprint density at radius 3 is 1.97 bits per heavy atom. The third-order valence-corrected chi connectivity index (χ3v) is 6.35. The Hall–Kier alpha value is -3.22. The highest BCUT2D eigenvalue weighted by Crippen LogP contribution is 2.20. The van der Waals surface area contributed by atoms with Gasteiger partial charge in [-0.25, -0.2) is 8.42 Å². The molecule has 0 radical (unpaired) electrons. The molecule has 0 aliphatic carbocycles. The van der Waals surface area contributed by atoms with Crippen molar-refractivity contribution in [2.45, 2.75) is 17.4 Å². The van der Waals surface area contributed by atoms with Gasteiger partial charge in [-0.05, 0) is 45.7 Å². The zero-order valence-corrected chi connectivity index (χ0v) is 16.3. The molecule has 2 N–H and O–H groups in total. The molecule has 1 unspecified atom stereocenters. The summed E-state index contributed by atoms with van der Waals surface area (Å²) in [7, 11) is -3.99. The van der Waals surface area contributed by atoms with Gasteiger partial charge in [0.25, 0.3) is 0 Å². The Morgan fingerprint density at radius 2 is 1.34 bits per heavy atom. The molecule has 0 amide bonds. The average Bonchev–Trinajstić information content (AvgIpc) is 2.72. The molecule has 0 aliphatic heterocycles. The van der Waals surface area contributed by atoms with Gasteiger partial charge in [0, 0.05) is 0 Å². The predicted molar refractivity (Wildman–Crippen MR) is 113 cm³/mol. The Balaban J connectivity index is 1.61. The van der Waals surface area contributed by atoms with Crippen LogP contribution in [0.25, 0.3) is 21.5 Å². The van der Waals surface area contributed by atoms with Crippen LogP contribution in [-0.4, -0.2) is 25.5 Å². The highest BCUT2D eigenvalue weighted by molar-refractivity contribution is 7.89. The maximum Gasteiger partial charge on any atom is 0.322 e. The summed E-state index contributed by atoms with van der Waals surface area (Å²) in [5.74, 6) is -1.22. The van der Waals surface area contributed by atoms with Crippen LogP contribution in [0.3, 0.4) is 0 Å². The van der Waals surface area contributed by atoms with E-state index in [0.29, 0.717) is 0 Å². The number of carboxylic acid groups (broad SMARTS) is 1. The summed E-state index contributed by atoms with van der Waals surface area (Å²) >= 11 is 0. The van der Waals surface area contributed by atoms with E-state index in [1.807, 2.05) is 66.7 Å². The molecule has 5 nitrogen and oxygen atoms in total. The standard InChI is InChI=1S/C23H19NO4S/c25-23(26)22(14-16-9-10-17-5-1-3-7-19(17)13-16)24-29(27,28)21-12-11-18-6-2-4-8-20(18)15-21/h1-13,15,22,24H,14H2,(H,25,26). The summed E-state index contributed by atoms with van der Waals surface area (Å²) in [5.41, 5.74) is 0.748. The Morgan fingerprint density at radius 1 is 0.793 bits per heavy atom. The van der Waals surface area contributed by atoms with E-state index in [-0.39, 0.29) is 11.3 Å². The molecule has 0 heterocycles. The van der Waals surface area contributed by atoms with Gasteiger partial charge in [-0.3, -0.25) is 4.79 Å². The van der Waals surface area contributed by atoms with Crippen molar-refractivity contribution in [3.05, 3.63) is 90.5 Å². The van der Waals surface area contributed by atoms with Crippen LogP contribution >= 0.6 is 0 Å². The van der Waals surface area contributed by atoms with Crippen molar-refractivity contribution in [3.63, 3.8) is 0 Å². The fourth-order valence-corrected chi connectivity index (χ4v) is 4.59. The summed E-state index contributed by atoms with van der Waals surface area (Å²) in [6.07, 6.45) is 0.0486. The summed E-state index contributed by atoms with van der Waals surface area (Å²) in [6, 6.07) is 24.2. The number of carbonyl (C=O) groups is 1. The van der Waals surface area contributed by atoms with E-state index < -0.39 is 22.0 Å². The van der Waals surface area contributed by atoms with E-state index in [2.05, 4.69) is 4.72 Å². The molecule has 0 fully saturated rings. The molecular weight excluding hydrogens is 386 g/mol. The highest BCUT2D eigenvalue weighted by atomic mass is 32.2. The second-order valence-corrected chi connectivity index (χ2v) is 8.62. The molecule has 29 heavy (non-hydrogen) atoms. The largest absolute Gasteiger partial charge is 0.480 e. The average molecular weight is 405 g/mol. The second-order valence-electron chi connectivity index (χ2n) is 6.91. The SMILES string of the molecule is O=C(O)C(Cc1ccc2ccccc2c1)NS(=O)(=O)c1ccc2ccccc2c1. The van der Waals surface area contributed by atoms with Crippen LogP contribution in [0, 0.1) is 0 Å². The van der Waals surface area contributed by atoms with Gasteiger partial charge in [-0.2, -0.15) is 4.72 Å². The van der Waals surface area contributed by atoms with Crippen LogP contribution in [0.1, 0.15) is 5.56 Å². The first-order chi connectivity index (χ1) is 13.9. The van der Waals surface area contributed by atoms with E-state index in [0.717, 1.165) is 27.1 Å². The van der Waals surface area contributed by atoms with Gasteiger partial charge in [0.15, 0.2) is 0 Å². The molecule has 0 saturated carbocycles. The quantitative estimate of drug-likeness (QED) is 0.508. The second kappa shape index (κ2) is 7.66. The lowest BCUT2D eigenvalue weighted by atomic mass is 10.0. The highest BCUT2D eigenvalue weighted by Gasteiger charge is 2.26. The first kappa shape index (κ1) is 19.1. The maximum absolute atomic E-state index is 12.8. The number of fused-ring (bicyclic) bond motifs is 2. The number of nitrogens with one attached hydrogen (secondary N) is 1. The lowest BCUT2D eigenvalue weighted by Gasteiger charge is -2.16.